The smallest absolute Gasteiger partial charge is 0.262 e. The van der Waals surface area contributed by atoms with Gasteiger partial charge in [0.15, 0.2) is 5.16 Å². The van der Waals surface area contributed by atoms with Crippen LogP contribution in [-0.4, -0.2) is 49.5 Å². The maximum atomic E-state index is 12.5. The molecule has 132 valence electrons. The molecule has 2 aromatic heterocycles. The van der Waals surface area contributed by atoms with Gasteiger partial charge >= 0.3 is 0 Å². The number of rotatable bonds is 4. The monoisotopic (exact) mass is 357 g/mol. The van der Waals surface area contributed by atoms with Crippen LogP contribution in [0.5, 0.6) is 0 Å². The summed E-state index contributed by atoms with van der Waals surface area (Å²) in [6.07, 6.45) is 5.09. The summed E-state index contributed by atoms with van der Waals surface area (Å²) in [4.78, 5) is 15.0. The van der Waals surface area contributed by atoms with Gasteiger partial charge in [0, 0.05) is 18.8 Å². The van der Waals surface area contributed by atoms with E-state index in [0.29, 0.717) is 17.2 Å². The van der Waals surface area contributed by atoms with Crippen LogP contribution in [0.25, 0.3) is 16.7 Å². The molecule has 0 spiro atoms. The molecule has 3 heterocycles. The van der Waals surface area contributed by atoms with Crippen molar-refractivity contribution in [3.63, 3.8) is 0 Å². The Labute approximate surface area is 150 Å². The highest BCUT2D eigenvalue weighted by molar-refractivity contribution is 7.99. The predicted molar refractivity (Wildman–Crippen MR) is 101 cm³/mol. The zero-order chi connectivity index (χ0) is 17.4. The molecule has 3 aromatic rings. The van der Waals surface area contributed by atoms with Crippen LogP contribution in [0.2, 0.25) is 0 Å². The molecule has 1 aliphatic heterocycles. The molecule has 1 aliphatic rings. The number of piperidine rings is 1. The van der Waals surface area contributed by atoms with Gasteiger partial charge in [0.2, 0.25) is 5.78 Å². The van der Waals surface area contributed by atoms with Gasteiger partial charge in [-0.25, -0.2) is 0 Å². The Bertz CT molecular complexity index is 963. The van der Waals surface area contributed by atoms with Gasteiger partial charge in [-0.05, 0) is 45.0 Å². The Hall–Kier alpha value is -1.86. The van der Waals surface area contributed by atoms with Gasteiger partial charge in [0.25, 0.3) is 5.56 Å². The van der Waals surface area contributed by atoms with Crippen molar-refractivity contribution in [2.75, 3.05) is 19.3 Å². The first kappa shape index (κ1) is 16.6. The molecule has 4 rings (SSSR count). The van der Waals surface area contributed by atoms with Gasteiger partial charge in [-0.15, -0.1) is 10.2 Å². The molecule has 1 fully saturated rings. The van der Waals surface area contributed by atoms with E-state index in [0.717, 1.165) is 22.8 Å². The second kappa shape index (κ2) is 6.80. The van der Waals surface area contributed by atoms with E-state index < -0.39 is 0 Å². The molecule has 0 saturated carbocycles. The van der Waals surface area contributed by atoms with Crippen LogP contribution < -0.4 is 5.56 Å². The highest BCUT2D eigenvalue weighted by atomic mass is 32.2. The number of aromatic nitrogens is 4. The maximum absolute atomic E-state index is 12.5. The molecule has 0 aliphatic carbocycles. The molecule has 0 bridgehead atoms. The molecular formula is C18H23N5OS. The molecule has 7 heteroatoms. The van der Waals surface area contributed by atoms with Gasteiger partial charge in [0.05, 0.1) is 10.9 Å². The third-order valence-electron chi connectivity index (χ3n) is 5.20. The van der Waals surface area contributed by atoms with Crippen LogP contribution >= 0.6 is 11.8 Å². The topological polar surface area (TPSA) is 55.4 Å². The first-order valence-electron chi connectivity index (χ1n) is 8.82. The summed E-state index contributed by atoms with van der Waals surface area (Å²) < 4.78 is 3.58. The van der Waals surface area contributed by atoms with Crippen LogP contribution in [0.4, 0.5) is 0 Å². The lowest BCUT2D eigenvalue weighted by Gasteiger charge is -2.32. The number of likely N-dealkylation sites (tertiary alicyclic amines) is 1. The summed E-state index contributed by atoms with van der Waals surface area (Å²) in [5.74, 6) is 1.61. The summed E-state index contributed by atoms with van der Waals surface area (Å²) in [5.41, 5.74) is 0.846. The Kier molecular flexibility index (Phi) is 4.52. The van der Waals surface area contributed by atoms with Crippen molar-refractivity contribution in [1.29, 1.82) is 0 Å². The summed E-state index contributed by atoms with van der Waals surface area (Å²) in [7, 11) is 3.98. The van der Waals surface area contributed by atoms with Crippen LogP contribution in [0.15, 0.2) is 34.2 Å². The number of hydrogen-bond donors (Lipinski definition) is 0. The van der Waals surface area contributed by atoms with Crippen molar-refractivity contribution >= 4 is 28.4 Å². The fourth-order valence-electron chi connectivity index (χ4n) is 3.70. The minimum atomic E-state index is -0.0316. The van der Waals surface area contributed by atoms with E-state index in [1.165, 1.54) is 25.8 Å². The van der Waals surface area contributed by atoms with Crippen molar-refractivity contribution < 1.29 is 0 Å². The molecule has 0 N–H and O–H groups in total. The minimum absolute atomic E-state index is 0.0316. The third kappa shape index (κ3) is 2.95. The number of fused-ring (bicyclic) bond motifs is 3. The Balaban J connectivity index is 1.63. The number of benzene rings is 1. The second-order valence-corrected chi connectivity index (χ2v) is 7.83. The molecule has 1 atom stereocenters. The van der Waals surface area contributed by atoms with Crippen molar-refractivity contribution in [3.05, 3.63) is 34.6 Å². The number of thioether (sulfide) groups is 1. The lowest BCUT2D eigenvalue weighted by Crippen LogP contribution is -2.36. The fourth-order valence-corrected chi connectivity index (χ4v) is 4.68. The van der Waals surface area contributed by atoms with Gasteiger partial charge in [-0.1, -0.05) is 30.3 Å². The van der Waals surface area contributed by atoms with E-state index in [1.54, 1.807) is 23.4 Å². The average Bonchev–Trinajstić information content (AvgIpc) is 3.05. The summed E-state index contributed by atoms with van der Waals surface area (Å²) >= 11 is 1.73. The van der Waals surface area contributed by atoms with Gasteiger partial charge in [-0.3, -0.25) is 13.8 Å². The first-order valence-corrected chi connectivity index (χ1v) is 9.81. The largest absolute Gasteiger partial charge is 0.303 e. The lowest BCUT2D eigenvalue weighted by molar-refractivity contribution is 0.182. The van der Waals surface area contributed by atoms with Crippen molar-refractivity contribution in [3.8, 4) is 0 Å². The molecule has 1 unspecified atom stereocenters. The van der Waals surface area contributed by atoms with Crippen molar-refractivity contribution in [2.45, 2.75) is 36.9 Å². The summed E-state index contributed by atoms with van der Waals surface area (Å²) in [5, 5.41) is 10.2. The fraction of sp³-hybridized carbons (Fsp3) is 0.500. The Morgan fingerprint density at radius 1 is 1.20 bits per heavy atom. The van der Waals surface area contributed by atoms with E-state index >= 15 is 0 Å². The van der Waals surface area contributed by atoms with E-state index in [1.807, 2.05) is 28.7 Å². The molecule has 0 amide bonds. The Morgan fingerprint density at radius 2 is 2.04 bits per heavy atom. The van der Waals surface area contributed by atoms with Crippen LogP contribution in [0.3, 0.4) is 0 Å². The SMILES string of the molecule is CN1CCCCC1CCSc1nnc2n(C)c(=O)c3ccccc3n12. The normalized spacial score (nSPS) is 19.0. The predicted octanol–water partition coefficient (Wildman–Crippen LogP) is 2.55. The summed E-state index contributed by atoms with van der Waals surface area (Å²) in [6.45, 7) is 1.20. The molecule has 6 nitrogen and oxygen atoms in total. The van der Waals surface area contributed by atoms with E-state index in [-0.39, 0.29) is 5.56 Å². The zero-order valence-electron chi connectivity index (χ0n) is 14.7. The summed E-state index contributed by atoms with van der Waals surface area (Å²) in [6, 6.07) is 8.34. The number of para-hydroxylation sites is 1. The Morgan fingerprint density at radius 3 is 2.88 bits per heavy atom. The van der Waals surface area contributed by atoms with Gasteiger partial charge in [-0.2, -0.15) is 0 Å². The van der Waals surface area contributed by atoms with Gasteiger partial charge in [0.1, 0.15) is 0 Å². The van der Waals surface area contributed by atoms with E-state index in [9.17, 15) is 4.79 Å². The van der Waals surface area contributed by atoms with Crippen molar-refractivity contribution in [2.24, 2.45) is 7.05 Å². The quantitative estimate of drug-likeness (QED) is 0.672. The molecule has 1 saturated heterocycles. The standard InChI is InChI=1S/C18H23N5OS/c1-21-11-6-5-7-13(21)10-12-25-18-20-19-17-22(2)16(24)14-8-3-4-9-15(14)23(17)18/h3-4,8-9,13H,5-7,10-12H2,1-2H3. The lowest BCUT2D eigenvalue weighted by atomic mass is 10.0. The van der Waals surface area contributed by atoms with Gasteiger partial charge < -0.3 is 4.90 Å². The number of nitrogens with zero attached hydrogens (tertiary/aromatic N) is 5. The highest BCUT2D eigenvalue weighted by Crippen LogP contribution is 2.25. The zero-order valence-corrected chi connectivity index (χ0v) is 15.5. The van der Waals surface area contributed by atoms with Crippen molar-refractivity contribution in [1.82, 2.24) is 24.1 Å². The maximum Gasteiger partial charge on any atom is 0.262 e. The number of aryl methyl sites for hydroxylation is 1. The molecular weight excluding hydrogens is 334 g/mol. The molecule has 0 radical (unpaired) electrons. The van der Waals surface area contributed by atoms with Crippen LogP contribution in [0.1, 0.15) is 25.7 Å². The number of hydrogen-bond acceptors (Lipinski definition) is 5. The average molecular weight is 357 g/mol. The first-order chi connectivity index (χ1) is 12.2. The second-order valence-electron chi connectivity index (χ2n) is 6.77. The highest BCUT2D eigenvalue weighted by Gasteiger charge is 2.19. The molecule has 25 heavy (non-hydrogen) atoms. The minimum Gasteiger partial charge on any atom is -0.303 e. The van der Waals surface area contributed by atoms with Crippen LogP contribution in [0, 0.1) is 0 Å². The van der Waals surface area contributed by atoms with E-state index in [4.69, 9.17) is 0 Å². The molecule has 1 aromatic carbocycles. The van der Waals surface area contributed by atoms with Crippen LogP contribution in [-0.2, 0) is 7.05 Å². The third-order valence-corrected chi connectivity index (χ3v) is 6.16. The van der Waals surface area contributed by atoms with E-state index in [2.05, 4.69) is 22.1 Å².